The maximum atomic E-state index is 12.2. The standard InChI is InChI=1S/C11H14N2O3S2/c14-8-11(1-2-11)9(15)13(10(16)12-8)5-7-6-17-3-4-18-7/h7H,1-6H2,(H,12,14,16). The molecule has 3 fully saturated rings. The Hall–Kier alpha value is -0.690. The molecule has 3 aliphatic rings. The maximum absolute atomic E-state index is 12.2. The van der Waals surface area contributed by atoms with Crippen LogP contribution in [0.1, 0.15) is 12.8 Å². The zero-order valence-corrected chi connectivity index (χ0v) is 11.4. The van der Waals surface area contributed by atoms with Gasteiger partial charge in [0, 0.05) is 29.1 Å². The summed E-state index contributed by atoms with van der Waals surface area (Å²) in [5, 5.41) is 2.61. The molecule has 1 aliphatic carbocycles. The quantitative estimate of drug-likeness (QED) is 0.757. The fraction of sp³-hybridized carbons (Fsp3) is 0.727. The summed E-state index contributed by atoms with van der Waals surface area (Å²) in [5.74, 6) is 2.46. The van der Waals surface area contributed by atoms with E-state index in [-0.39, 0.29) is 5.91 Å². The van der Waals surface area contributed by atoms with Gasteiger partial charge in [-0.05, 0) is 12.8 Å². The van der Waals surface area contributed by atoms with Gasteiger partial charge in [-0.2, -0.15) is 23.5 Å². The summed E-state index contributed by atoms with van der Waals surface area (Å²) < 4.78 is 0. The number of hydrogen-bond donors (Lipinski definition) is 1. The summed E-state index contributed by atoms with van der Waals surface area (Å²) in [6, 6.07) is -0.543. The van der Waals surface area contributed by atoms with Crippen molar-refractivity contribution in [1.82, 2.24) is 10.2 Å². The molecule has 1 unspecified atom stereocenters. The Bertz CT molecular complexity index is 417. The highest BCUT2D eigenvalue weighted by atomic mass is 32.2. The normalized spacial score (nSPS) is 30.6. The number of urea groups is 1. The van der Waals surface area contributed by atoms with Gasteiger partial charge in [-0.15, -0.1) is 0 Å². The van der Waals surface area contributed by atoms with E-state index in [1.807, 2.05) is 11.8 Å². The fourth-order valence-corrected chi connectivity index (χ4v) is 4.96. The average molecular weight is 286 g/mol. The number of nitrogens with zero attached hydrogens (tertiary/aromatic N) is 1. The van der Waals surface area contributed by atoms with Gasteiger partial charge in [-0.3, -0.25) is 19.8 Å². The van der Waals surface area contributed by atoms with E-state index in [2.05, 4.69) is 5.32 Å². The van der Waals surface area contributed by atoms with Crippen LogP contribution in [-0.4, -0.2) is 51.8 Å². The number of carbonyl (C=O) groups excluding carboxylic acids is 3. The summed E-state index contributed by atoms with van der Waals surface area (Å²) in [6.45, 7) is 0.428. The first kappa shape index (κ1) is 12.3. The van der Waals surface area contributed by atoms with Gasteiger partial charge in [0.05, 0.1) is 0 Å². The molecule has 2 saturated heterocycles. The Kier molecular flexibility index (Phi) is 3.05. The Morgan fingerprint density at radius 2 is 2.06 bits per heavy atom. The van der Waals surface area contributed by atoms with Crippen LogP contribution in [0.25, 0.3) is 0 Å². The number of barbiturate groups is 1. The minimum Gasteiger partial charge on any atom is -0.277 e. The maximum Gasteiger partial charge on any atom is 0.330 e. The van der Waals surface area contributed by atoms with Crippen molar-refractivity contribution >= 4 is 41.4 Å². The minimum atomic E-state index is -0.902. The molecule has 1 spiro atoms. The molecule has 3 rings (SSSR count). The Labute approximate surface area is 113 Å². The van der Waals surface area contributed by atoms with Crippen molar-refractivity contribution in [2.45, 2.75) is 18.1 Å². The lowest BCUT2D eigenvalue weighted by Crippen LogP contribution is -2.60. The first-order valence-corrected chi connectivity index (χ1v) is 8.20. The first-order chi connectivity index (χ1) is 8.63. The van der Waals surface area contributed by atoms with Gasteiger partial charge in [0.2, 0.25) is 11.8 Å². The van der Waals surface area contributed by atoms with Gasteiger partial charge in [0.25, 0.3) is 0 Å². The lowest BCUT2D eigenvalue weighted by Gasteiger charge is -2.33. The number of imide groups is 2. The van der Waals surface area contributed by atoms with Crippen LogP contribution < -0.4 is 5.32 Å². The SMILES string of the molecule is O=C1NC(=O)C2(CC2)C(=O)N1CC1CSCCS1. The monoisotopic (exact) mass is 286 g/mol. The Balaban J connectivity index is 1.72. The van der Waals surface area contributed by atoms with E-state index in [9.17, 15) is 14.4 Å². The van der Waals surface area contributed by atoms with E-state index in [0.717, 1.165) is 17.3 Å². The molecule has 7 heteroatoms. The fourth-order valence-electron chi connectivity index (χ4n) is 2.31. The Morgan fingerprint density at radius 1 is 1.28 bits per heavy atom. The number of hydrogen-bond acceptors (Lipinski definition) is 5. The zero-order chi connectivity index (χ0) is 12.8. The van der Waals surface area contributed by atoms with Crippen LogP contribution in [0.5, 0.6) is 0 Å². The third-order valence-electron chi connectivity index (χ3n) is 3.58. The Morgan fingerprint density at radius 3 is 2.67 bits per heavy atom. The molecule has 4 amide bonds. The second kappa shape index (κ2) is 4.45. The van der Waals surface area contributed by atoms with Crippen molar-refractivity contribution in [1.29, 1.82) is 0 Å². The van der Waals surface area contributed by atoms with E-state index < -0.39 is 17.4 Å². The van der Waals surface area contributed by atoms with E-state index in [1.165, 1.54) is 4.90 Å². The summed E-state index contributed by atoms with van der Waals surface area (Å²) in [7, 11) is 0. The van der Waals surface area contributed by atoms with Gasteiger partial charge >= 0.3 is 6.03 Å². The zero-order valence-electron chi connectivity index (χ0n) is 9.81. The molecule has 1 N–H and O–H groups in total. The molecular formula is C11H14N2O3S2. The molecule has 0 bridgehead atoms. The van der Waals surface area contributed by atoms with Crippen molar-refractivity contribution in [3.63, 3.8) is 0 Å². The number of amides is 4. The molecule has 18 heavy (non-hydrogen) atoms. The van der Waals surface area contributed by atoms with Crippen molar-refractivity contribution in [2.75, 3.05) is 23.8 Å². The molecule has 1 atom stereocenters. The summed E-state index contributed by atoms with van der Waals surface area (Å²) in [5.41, 5.74) is -0.902. The largest absolute Gasteiger partial charge is 0.330 e. The van der Waals surface area contributed by atoms with Gasteiger partial charge in [0.1, 0.15) is 5.41 Å². The van der Waals surface area contributed by atoms with Gasteiger partial charge in [0.15, 0.2) is 0 Å². The predicted octanol–water partition coefficient (Wildman–Crippen LogP) is 0.694. The molecule has 2 aliphatic heterocycles. The van der Waals surface area contributed by atoms with Crippen molar-refractivity contribution in [2.24, 2.45) is 5.41 Å². The first-order valence-electron chi connectivity index (χ1n) is 6.00. The topological polar surface area (TPSA) is 66.5 Å². The van der Waals surface area contributed by atoms with Crippen molar-refractivity contribution in [3.05, 3.63) is 0 Å². The molecule has 2 heterocycles. The molecule has 0 aromatic carbocycles. The molecule has 5 nitrogen and oxygen atoms in total. The molecule has 1 saturated carbocycles. The van der Waals surface area contributed by atoms with Crippen LogP contribution in [0, 0.1) is 5.41 Å². The van der Waals surface area contributed by atoms with E-state index in [0.29, 0.717) is 24.6 Å². The van der Waals surface area contributed by atoms with Crippen LogP contribution in [0.3, 0.4) is 0 Å². The molecule has 98 valence electrons. The van der Waals surface area contributed by atoms with Crippen LogP contribution in [0.2, 0.25) is 0 Å². The highest BCUT2D eigenvalue weighted by molar-refractivity contribution is 8.06. The van der Waals surface area contributed by atoms with Crippen LogP contribution in [0.15, 0.2) is 0 Å². The molecule has 0 radical (unpaired) electrons. The second-order valence-corrected chi connectivity index (χ2v) is 7.38. The van der Waals surface area contributed by atoms with Crippen molar-refractivity contribution in [3.8, 4) is 0 Å². The van der Waals surface area contributed by atoms with Gasteiger partial charge in [-0.25, -0.2) is 4.79 Å². The van der Waals surface area contributed by atoms with E-state index in [4.69, 9.17) is 0 Å². The highest BCUT2D eigenvalue weighted by Crippen LogP contribution is 2.49. The third kappa shape index (κ3) is 1.93. The van der Waals surface area contributed by atoms with Crippen molar-refractivity contribution < 1.29 is 14.4 Å². The highest BCUT2D eigenvalue weighted by Gasteiger charge is 2.62. The smallest absolute Gasteiger partial charge is 0.277 e. The van der Waals surface area contributed by atoms with Gasteiger partial charge in [-0.1, -0.05) is 0 Å². The average Bonchev–Trinajstić information content (AvgIpc) is 3.16. The predicted molar refractivity (Wildman–Crippen MR) is 70.5 cm³/mol. The second-order valence-electron chi connectivity index (χ2n) is 4.82. The van der Waals surface area contributed by atoms with Crippen LogP contribution in [0.4, 0.5) is 4.79 Å². The molecular weight excluding hydrogens is 272 g/mol. The van der Waals surface area contributed by atoms with E-state index >= 15 is 0 Å². The van der Waals surface area contributed by atoms with E-state index in [1.54, 1.807) is 11.8 Å². The number of nitrogens with one attached hydrogen (secondary N) is 1. The lowest BCUT2D eigenvalue weighted by atomic mass is 10.0. The third-order valence-corrected chi connectivity index (χ3v) is 6.40. The number of carbonyl (C=O) groups is 3. The summed E-state index contributed by atoms with van der Waals surface area (Å²) >= 11 is 3.66. The molecule has 0 aromatic rings. The lowest BCUT2D eigenvalue weighted by molar-refractivity contribution is -0.144. The van der Waals surface area contributed by atoms with Crippen LogP contribution in [-0.2, 0) is 9.59 Å². The summed E-state index contributed by atoms with van der Waals surface area (Å²) in [6.07, 6.45) is 1.15. The minimum absolute atomic E-state index is 0.285. The molecule has 0 aromatic heterocycles. The number of rotatable bonds is 2. The van der Waals surface area contributed by atoms with Gasteiger partial charge < -0.3 is 0 Å². The number of thioether (sulfide) groups is 2. The summed E-state index contributed by atoms with van der Waals surface area (Å²) in [4.78, 5) is 36.9. The van der Waals surface area contributed by atoms with Crippen LogP contribution >= 0.6 is 23.5 Å².